The van der Waals surface area contributed by atoms with Gasteiger partial charge in [-0.2, -0.15) is 0 Å². The van der Waals surface area contributed by atoms with Gasteiger partial charge in [0.15, 0.2) is 0 Å². The number of hydrogen-bond donors (Lipinski definition) is 2. The Morgan fingerprint density at radius 2 is 2.45 bits per heavy atom. The molecule has 0 saturated carbocycles. The van der Waals surface area contributed by atoms with Crippen molar-refractivity contribution in [3.8, 4) is 0 Å². The van der Waals surface area contributed by atoms with Gasteiger partial charge < -0.3 is 15.2 Å². The van der Waals surface area contributed by atoms with Gasteiger partial charge in [-0.3, -0.25) is 4.79 Å². The zero-order valence-corrected chi connectivity index (χ0v) is 6.03. The van der Waals surface area contributed by atoms with Crippen LogP contribution in [0.4, 0.5) is 0 Å². The first kappa shape index (κ1) is 8.00. The van der Waals surface area contributed by atoms with Crippen LogP contribution in [0, 0.1) is 0 Å². The Hall–Kier alpha value is -1.10. The van der Waals surface area contributed by atoms with Crippen molar-refractivity contribution in [2.45, 2.75) is 18.6 Å². The highest BCUT2D eigenvalue weighted by Crippen LogP contribution is 2.10. The van der Waals surface area contributed by atoms with Crippen molar-refractivity contribution in [3.63, 3.8) is 0 Å². The lowest BCUT2D eigenvalue weighted by Gasteiger charge is -2.01. The van der Waals surface area contributed by atoms with E-state index in [1.807, 2.05) is 0 Å². The summed E-state index contributed by atoms with van der Waals surface area (Å²) in [6, 6.07) is -0.785. The van der Waals surface area contributed by atoms with Gasteiger partial charge in [-0.25, -0.2) is 4.79 Å². The molecule has 0 bridgehead atoms. The summed E-state index contributed by atoms with van der Waals surface area (Å²) < 4.78 is 4.73. The van der Waals surface area contributed by atoms with Crippen molar-refractivity contribution < 1.29 is 19.4 Å². The molecular formula is C6H9NO4. The van der Waals surface area contributed by atoms with Gasteiger partial charge in [-0.05, 0) is 0 Å². The monoisotopic (exact) mass is 159 g/mol. The van der Waals surface area contributed by atoms with Gasteiger partial charge in [0, 0.05) is 13.5 Å². The molecule has 0 aromatic carbocycles. The van der Waals surface area contributed by atoms with E-state index in [2.05, 4.69) is 5.32 Å². The summed E-state index contributed by atoms with van der Waals surface area (Å²) in [5.74, 6) is -1.36. The molecule has 11 heavy (non-hydrogen) atoms. The second-order valence-corrected chi connectivity index (χ2v) is 2.36. The van der Waals surface area contributed by atoms with Crippen LogP contribution in [0.3, 0.4) is 0 Å². The first-order valence-corrected chi connectivity index (χ1v) is 3.21. The Bertz CT molecular complexity index is 191. The third-order valence-corrected chi connectivity index (χ3v) is 1.64. The number of carbonyl (C=O) groups is 2. The van der Waals surface area contributed by atoms with E-state index in [1.165, 1.54) is 7.11 Å². The lowest BCUT2D eigenvalue weighted by atomic mass is 10.2. The van der Waals surface area contributed by atoms with Gasteiger partial charge in [0.2, 0.25) is 5.91 Å². The smallest absolute Gasteiger partial charge is 0.326 e. The molecule has 5 nitrogen and oxygen atoms in total. The molecule has 2 atom stereocenters. The minimum absolute atomic E-state index is 0.213. The van der Waals surface area contributed by atoms with E-state index in [-0.39, 0.29) is 12.3 Å². The molecule has 0 radical (unpaired) electrons. The van der Waals surface area contributed by atoms with Crippen LogP contribution in [-0.2, 0) is 14.3 Å². The molecule has 1 heterocycles. The van der Waals surface area contributed by atoms with Crippen LogP contribution in [0.25, 0.3) is 0 Å². The van der Waals surface area contributed by atoms with Crippen LogP contribution in [0.1, 0.15) is 6.42 Å². The number of carbonyl (C=O) groups excluding carboxylic acids is 1. The van der Waals surface area contributed by atoms with Crippen molar-refractivity contribution in [2.75, 3.05) is 7.11 Å². The molecule has 62 valence electrons. The number of methoxy groups -OCH3 is 1. The zero-order chi connectivity index (χ0) is 8.43. The first-order chi connectivity index (χ1) is 5.15. The Morgan fingerprint density at radius 1 is 1.82 bits per heavy atom. The molecule has 0 aromatic heterocycles. The van der Waals surface area contributed by atoms with Gasteiger partial charge in [0.1, 0.15) is 12.1 Å². The van der Waals surface area contributed by atoms with Gasteiger partial charge in [-0.1, -0.05) is 0 Å². The molecule has 1 aliphatic heterocycles. The maximum Gasteiger partial charge on any atom is 0.326 e. The summed E-state index contributed by atoms with van der Waals surface area (Å²) in [4.78, 5) is 21.2. The number of amides is 1. The minimum atomic E-state index is -1.02. The maximum atomic E-state index is 10.8. The molecule has 1 rings (SSSR count). The van der Waals surface area contributed by atoms with E-state index >= 15 is 0 Å². The van der Waals surface area contributed by atoms with E-state index in [4.69, 9.17) is 9.84 Å². The summed E-state index contributed by atoms with van der Waals surface area (Å²) in [5, 5.41) is 10.8. The Balaban J connectivity index is 2.56. The summed E-state index contributed by atoms with van der Waals surface area (Å²) in [5.41, 5.74) is 0. The fourth-order valence-electron chi connectivity index (χ4n) is 1.01. The molecule has 5 heteroatoms. The molecule has 0 aliphatic carbocycles. The van der Waals surface area contributed by atoms with Crippen molar-refractivity contribution in [3.05, 3.63) is 0 Å². The summed E-state index contributed by atoms with van der Waals surface area (Å²) >= 11 is 0. The van der Waals surface area contributed by atoms with Crippen LogP contribution in [0.15, 0.2) is 0 Å². The Morgan fingerprint density at radius 3 is 2.73 bits per heavy atom. The molecular weight excluding hydrogens is 150 g/mol. The van der Waals surface area contributed by atoms with Crippen LogP contribution in [0.2, 0.25) is 0 Å². The lowest BCUT2D eigenvalue weighted by molar-refractivity contribution is -0.140. The number of carboxylic acid groups (broad SMARTS) is 1. The molecule has 0 unspecified atom stereocenters. The Kier molecular flexibility index (Phi) is 2.09. The standard InChI is InChI=1S/C6H9NO4/c1-11-4-2-3(6(9)10)7-5(4)8/h3-4H,2H2,1H3,(H,7,8)(H,9,10)/t3-,4+/m1/s1. The average molecular weight is 159 g/mol. The highest BCUT2D eigenvalue weighted by atomic mass is 16.5. The van der Waals surface area contributed by atoms with Crippen LogP contribution in [-0.4, -0.2) is 36.2 Å². The molecule has 0 spiro atoms. The molecule has 2 N–H and O–H groups in total. The lowest BCUT2D eigenvalue weighted by Crippen LogP contribution is -2.33. The summed E-state index contributed by atoms with van der Waals surface area (Å²) in [7, 11) is 1.38. The normalized spacial score (nSPS) is 30.1. The number of hydrogen-bond acceptors (Lipinski definition) is 3. The zero-order valence-electron chi connectivity index (χ0n) is 6.03. The second kappa shape index (κ2) is 2.87. The van der Waals surface area contributed by atoms with Gasteiger partial charge >= 0.3 is 5.97 Å². The molecule has 0 aromatic rings. The average Bonchev–Trinajstić information content (AvgIpc) is 2.31. The predicted octanol–water partition coefficient (Wildman–Crippen LogP) is -1.03. The van der Waals surface area contributed by atoms with Crippen molar-refractivity contribution in [1.82, 2.24) is 5.32 Å². The number of aliphatic carboxylic acids is 1. The second-order valence-electron chi connectivity index (χ2n) is 2.36. The number of rotatable bonds is 2. The van der Waals surface area contributed by atoms with E-state index in [1.54, 1.807) is 0 Å². The van der Waals surface area contributed by atoms with Crippen LogP contribution in [0.5, 0.6) is 0 Å². The third-order valence-electron chi connectivity index (χ3n) is 1.64. The van der Waals surface area contributed by atoms with E-state index in [0.29, 0.717) is 0 Å². The molecule has 1 saturated heterocycles. The third kappa shape index (κ3) is 1.48. The number of carboxylic acids is 1. The van der Waals surface area contributed by atoms with Crippen molar-refractivity contribution in [1.29, 1.82) is 0 Å². The van der Waals surface area contributed by atoms with Gasteiger partial charge in [-0.15, -0.1) is 0 Å². The highest BCUT2D eigenvalue weighted by molar-refractivity contribution is 5.90. The predicted molar refractivity (Wildman–Crippen MR) is 35.0 cm³/mol. The topological polar surface area (TPSA) is 75.6 Å². The SMILES string of the molecule is CO[C@H]1C[C@H](C(=O)O)NC1=O. The summed E-state index contributed by atoms with van der Waals surface area (Å²) in [6.07, 6.45) is -0.388. The van der Waals surface area contributed by atoms with Gasteiger partial charge in [0.25, 0.3) is 0 Å². The minimum Gasteiger partial charge on any atom is -0.480 e. The first-order valence-electron chi connectivity index (χ1n) is 3.21. The molecule has 1 amide bonds. The van der Waals surface area contributed by atoms with Crippen LogP contribution < -0.4 is 5.32 Å². The molecule has 1 aliphatic rings. The maximum absolute atomic E-state index is 10.8. The fourth-order valence-corrected chi connectivity index (χ4v) is 1.01. The van der Waals surface area contributed by atoms with E-state index in [0.717, 1.165) is 0 Å². The summed E-state index contributed by atoms with van der Waals surface area (Å²) in [6.45, 7) is 0. The molecule has 1 fully saturated rings. The number of ether oxygens (including phenoxy) is 1. The highest BCUT2D eigenvalue weighted by Gasteiger charge is 2.35. The largest absolute Gasteiger partial charge is 0.480 e. The van der Waals surface area contributed by atoms with Crippen LogP contribution >= 0.6 is 0 Å². The van der Waals surface area contributed by atoms with E-state index < -0.39 is 18.1 Å². The number of nitrogens with one attached hydrogen (secondary N) is 1. The van der Waals surface area contributed by atoms with Crippen molar-refractivity contribution >= 4 is 11.9 Å². The quantitative estimate of drug-likeness (QED) is 0.540. The van der Waals surface area contributed by atoms with E-state index in [9.17, 15) is 9.59 Å². The Labute approximate surface area is 63.3 Å². The van der Waals surface area contributed by atoms with Crippen molar-refractivity contribution in [2.24, 2.45) is 0 Å². The van der Waals surface area contributed by atoms with Gasteiger partial charge in [0.05, 0.1) is 0 Å². The fraction of sp³-hybridized carbons (Fsp3) is 0.667.